The van der Waals surface area contributed by atoms with Gasteiger partial charge in [0.25, 0.3) is 5.91 Å². The summed E-state index contributed by atoms with van der Waals surface area (Å²) in [5.74, 6) is 0.623. The number of amides is 2. The third-order valence-corrected chi connectivity index (χ3v) is 6.43. The molecule has 1 aliphatic carbocycles. The van der Waals surface area contributed by atoms with E-state index in [0.29, 0.717) is 22.7 Å². The molecule has 2 aromatic carbocycles. The molecule has 158 valence electrons. The predicted molar refractivity (Wildman–Crippen MR) is 121 cm³/mol. The maximum absolute atomic E-state index is 12.7. The van der Waals surface area contributed by atoms with Gasteiger partial charge >= 0.3 is 0 Å². The minimum Gasteiger partial charge on any atom is -0.355 e. The van der Waals surface area contributed by atoms with Crippen LogP contribution in [0.25, 0.3) is 0 Å². The average Bonchev–Trinajstić information content (AvgIpc) is 2.77. The molecule has 0 atom stereocenters. The molecule has 1 saturated carbocycles. The summed E-state index contributed by atoms with van der Waals surface area (Å²) >= 11 is 1.37. The fourth-order valence-electron chi connectivity index (χ4n) is 3.61. The molecule has 3 rings (SSSR count). The molecule has 0 bridgehead atoms. The molecule has 5 nitrogen and oxygen atoms in total. The summed E-state index contributed by atoms with van der Waals surface area (Å²) < 4.78 is 0. The fraction of sp³-hybridized carbons (Fsp3) is 0.375. The smallest absolute Gasteiger partial charge is 0.256 e. The quantitative estimate of drug-likeness (QED) is 0.465. The van der Waals surface area contributed by atoms with Crippen molar-refractivity contribution >= 4 is 35.0 Å². The summed E-state index contributed by atoms with van der Waals surface area (Å²) in [4.78, 5) is 37.1. The van der Waals surface area contributed by atoms with Crippen LogP contribution in [0.15, 0.2) is 53.4 Å². The van der Waals surface area contributed by atoms with Gasteiger partial charge in [-0.15, -0.1) is 11.8 Å². The minimum absolute atomic E-state index is 0.000561. The first-order valence-electron chi connectivity index (χ1n) is 10.4. The molecule has 2 N–H and O–H groups in total. The van der Waals surface area contributed by atoms with Gasteiger partial charge in [0.05, 0.1) is 11.3 Å². The van der Waals surface area contributed by atoms with E-state index < -0.39 is 0 Å². The van der Waals surface area contributed by atoms with Gasteiger partial charge in [0.2, 0.25) is 5.91 Å². The summed E-state index contributed by atoms with van der Waals surface area (Å²) in [6.07, 6.45) is 6.22. The highest BCUT2D eigenvalue weighted by atomic mass is 32.2. The summed E-state index contributed by atoms with van der Waals surface area (Å²) in [6.45, 7) is 2.25. The lowest BCUT2D eigenvalue weighted by Gasteiger charge is -2.21. The number of thioether (sulfide) groups is 1. The van der Waals surface area contributed by atoms with E-state index in [4.69, 9.17) is 0 Å². The highest BCUT2D eigenvalue weighted by Gasteiger charge is 2.16. The molecule has 0 spiro atoms. The van der Waals surface area contributed by atoms with Crippen LogP contribution in [0, 0.1) is 5.92 Å². The Balaban J connectivity index is 1.54. The number of Topliss-reactive ketones (excluding diaryl/α,β-unsaturated/α-hetero) is 1. The van der Waals surface area contributed by atoms with Crippen LogP contribution >= 0.6 is 11.8 Å². The van der Waals surface area contributed by atoms with Crippen molar-refractivity contribution in [1.82, 2.24) is 5.32 Å². The third kappa shape index (κ3) is 6.46. The molecule has 0 saturated heterocycles. The maximum atomic E-state index is 12.7. The summed E-state index contributed by atoms with van der Waals surface area (Å²) in [6, 6.07) is 14.1. The molecule has 2 amide bonds. The monoisotopic (exact) mass is 424 g/mol. The Morgan fingerprint density at radius 1 is 0.967 bits per heavy atom. The first-order chi connectivity index (χ1) is 14.5. The molecule has 1 fully saturated rings. The van der Waals surface area contributed by atoms with Crippen LogP contribution in [0.4, 0.5) is 5.69 Å². The number of benzene rings is 2. The van der Waals surface area contributed by atoms with Gasteiger partial charge in [0, 0.05) is 22.7 Å². The van der Waals surface area contributed by atoms with Crippen LogP contribution in [0.3, 0.4) is 0 Å². The average molecular weight is 425 g/mol. The van der Waals surface area contributed by atoms with Crippen molar-refractivity contribution in [2.45, 2.75) is 43.9 Å². The van der Waals surface area contributed by atoms with Crippen molar-refractivity contribution in [2.24, 2.45) is 5.92 Å². The Hall–Kier alpha value is -2.60. The summed E-state index contributed by atoms with van der Waals surface area (Å²) in [5, 5.41) is 5.89. The van der Waals surface area contributed by atoms with Gasteiger partial charge in [-0.3, -0.25) is 14.4 Å². The predicted octanol–water partition coefficient (Wildman–Crippen LogP) is 4.93. The van der Waals surface area contributed by atoms with Crippen LogP contribution < -0.4 is 10.6 Å². The number of rotatable bonds is 8. The first kappa shape index (κ1) is 22.1. The number of hydrogen-bond acceptors (Lipinski definition) is 4. The normalized spacial score (nSPS) is 14.2. The summed E-state index contributed by atoms with van der Waals surface area (Å²) in [5.41, 5.74) is 1.75. The zero-order valence-electron chi connectivity index (χ0n) is 17.3. The maximum Gasteiger partial charge on any atom is 0.256 e. The molecule has 2 aromatic rings. The second kappa shape index (κ2) is 11.0. The number of anilines is 1. The van der Waals surface area contributed by atoms with E-state index in [2.05, 4.69) is 10.6 Å². The van der Waals surface area contributed by atoms with Gasteiger partial charge in [0.1, 0.15) is 0 Å². The van der Waals surface area contributed by atoms with E-state index in [1.807, 2.05) is 12.1 Å². The molecule has 0 aliphatic heterocycles. The lowest BCUT2D eigenvalue weighted by molar-refractivity contribution is -0.118. The Labute approximate surface area is 182 Å². The zero-order chi connectivity index (χ0) is 21.3. The molecule has 0 radical (unpaired) electrons. The number of hydrogen-bond donors (Lipinski definition) is 2. The largest absolute Gasteiger partial charge is 0.355 e. The topological polar surface area (TPSA) is 75.3 Å². The van der Waals surface area contributed by atoms with Gasteiger partial charge in [-0.1, -0.05) is 31.4 Å². The van der Waals surface area contributed by atoms with Crippen molar-refractivity contribution < 1.29 is 14.4 Å². The second-order valence-electron chi connectivity index (χ2n) is 7.68. The molecular formula is C24H28N2O3S. The summed E-state index contributed by atoms with van der Waals surface area (Å²) in [7, 11) is 0. The van der Waals surface area contributed by atoms with Gasteiger partial charge in [0.15, 0.2) is 5.78 Å². The molecule has 0 heterocycles. The van der Waals surface area contributed by atoms with Gasteiger partial charge in [-0.25, -0.2) is 0 Å². The van der Waals surface area contributed by atoms with Crippen molar-refractivity contribution in [3.8, 4) is 0 Å². The molecule has 30 heavy (non-hydrogen) atoms. The SMILES string of the molecule is CC(=O)c1ccc(NC(=O)c2ccccc2SCC(=O)NCC2CCCCC2)cc1. The molecular weight excluding hydrogens is 396 g/mol. The molecule has 6 heteroatoms. The fourth-order valence-corrected chi connectivity index (χ4v) is 4.49. The first-order valence-corrected chi connectivity index (χ1v) is 11.4. The van der Waals surface area contributed by atoms with Gasteiger partial charge in [-0.2, -0.15) is 0 Å². The van der Waals surface area contributed by atoms with E-state index in [9.17, 15) is 14.4 Å². The number of nitrogens with one attached hydrogen (secondary N) is 2. The van der Waals surface area contributed by atoms with Crippen molar-refractivity contribution in [3.05, 3.63) is 59.7 Å². The Kier molecular flexibility index (Phi) is 8.08. The Bertz CT molecular complexity index is 890. The lowest BCUT2D eigenvalue weighted by Crippen LogP contribution is -2.31. The number of carbonyl (C=O) groups is 3. The molecule has 0 aromatic heterocycles. The number of carbonyl (C=O) groups excluding carboxylic acids is 3. The zero-order valence-corrected chi connectivity index (χ0v) is 18.1. The Morgan fingerprint density at radius 2 is 1.67 bits per heavy atom. The van der Waals surface area contributed by atoms with Crippen LogP contribution in [0.2, 0.25) is 0 Å². The van der Waals surface area contributed by atoms with Crippen LogP contribution in [0.5, 0.6) is 0 Å². The van der Waals surface area contributed by atoms with Gasteiger partial charge < -0.3 is 10.6 Å². The van der Waals surface area contributed by atoms with Crippen molar-refractivity contribution in [2.75, 3.05) is 17.6 Å². The van der Waals surface area contributed by atoms with E-state index in [1.165, 1.54) is 50.8 Å². The molecule has 0 unspecified atom stereocenters. The highest BCUT2D eigenvalue weighted by molar-refractivity contribution is 8.00. The highest BCUT2D eigenvalue weighted by Crippen LogP contribution is 2.25. The molecule has 1 aliphatic rings. The number of ketones is 1. The van der Waals surface area contributed by atoms with Gasteiger partial charge in [-0.05, 0) is 62.1 Å². The van der Waals surface area contributed by atoms with E-state index >= 15 is 0 Å². The Morgan fingerprint density at radius 3 is 2.37 bits per heavy atom. The van der Waals surface area contributed by atoms with Crippen LogP contribution in [-0.2, 0) is 4.79 Å². The lowest BCUT2D eigenvalue weighted by atomic mass is 9.89. The minimum atomic E-state index is -0.240. The van der Waals surface area contributed by atoms with Crippen molar-refractivity contribution in [1.29, 1.82) is 0 Å². The standard InChI is InChI=1S/C24H28N2O3S/c1-17(27)19-11-13-20(14-12-19)26-24(29)21-9-5-6-10-22(21)30-16-23(28)25-15-18-7-3-2-4-8-18/h5-6,9-14,18H,2-4,7-8,15-16H2,1H3,(H,25,28)(H,26,29). The van der Waals surface area contributed by atoms with Crippen LogP contribution in [0.1, 0.15) is 59.7 Å². The van der Waals surface area contributed by atoms with E-state index in [1.54, 1.807) is 36.4 Å². The second-order valence-corrected chi connectivity index (χ2v) is 8.70. The van der Waals surface area contributed by atoms with E-state index in [0.717, 1.165) is 11.4 Å². The van der Waals surface area contributed by atoms with Crippen molar-refractivity contribution in [3.63, 3.8) is 0 Å². The van der Waals surface area contributed by atoms with Crippen LogP contribution in [-0.4, -0.2) is 29.9 Å². The van der Waals surface area contributed by atoms with E-state index in [-0.39, 0.29) is 23.4 Å². The third-order valence-electron chi connectivity index (χ3n) is 5.35.